The van der Waals surface area contributed by atoms with Gasteiger partial charge in [-0.1, -0.05) is 35.6 Å². The molecule has 4 aromatic rings. The van der Waals surface area contributed by atoms with Gasteiger partial charge in [-0.05, 0) is 30.5 Å². The highest BCUT2D eigenvalue weighted by atomic mass is 32.1. The summed E-state index contributed by atoms with van der Waals surface area (Å²) in [7, 11) is 0. The molecular weight excluding hydrogens is 524 g/mol. The number of nitrogens with zero attached hydrogens (tertiary/aromatic N) is 8. The zero-order valence-corrected chi connectivity index (χ0v) is 21.6. The lowest BCUT2D eigenvalue weighted by Gasteiger charge is -2.32. The molecule has 0 aliphatic carbocycles. The summed E-state index contributed by atoms with van der Waals surface area (Å²) in [4.78, 5) is 42.4. The summed E-state index contributed by atoms with van der Waals surface area (Å²) < 4.78 is 0. The molecule has 0 radical (unpaired) electrons. The molecule has 14 nitrogen and oxygen atoms in total. The normalized spacial score (nSPS) is 15.6. The molecule has 1 amide bonds. The fourth-order valence-electron chi connectivity index (χ4n) is 4.83. The lowest BCUT2D eigenvalue weighted by atomic mass is 10.1. The number of piperidine rings is 1. The highest BCUT2D eigenvalue weighted by molar-refractivity contribution is 7.17. The van der Waals surface area contributed by atoms with Crippen molar-refractivity contribution in [2.24, 2.45) is 0 Å². The van der Waals surface area contributed by atoms with Crippen LogP contribution < -0.4 is 15.1 Å². The predicted octanol–water partition coefficient (Wildman–Crippen LogP) is 1.91. The van der Waals surface area contributed by atoms with Crippen molar-refractivity contribution >= 4 is 45.9 Å². The molecule has 2 aliphatic heterocycles. The Bertz CT molecular complexity index is 1550. The number of benzene rings is 1. The molecule has 15 heteroatoms. The number of aromatic amines is 1. The number of aliphatic hydroxyl groups is 1. The predicted molar refractivity (Wildman–Crippen MR) is 141 cm³/mol. The van der Waals surface area contributed by atoms with Crippen LogP contribution in [0.4, 0.5) is 22.7 Å². The van der Waals surface area contributed by atoms with Gasteiger partial charge in [0.25, 0.3) is 0 Å². The van der Waals surface area contributed by atoms with Crippen LogP contribution in [0.5, 0.6) is 0 Å². The van der Waals surface area contributed by atoms with Gasteiger partial charge in [0.15, 0.2) is 5.13 Å². The third-order valence-corrected chi connectivity index (χ3v) is 7.81. The third-order valence-electron chi connectivity index (χ3n) is 6.75. The van der Waals surface area contributed by atoms with E-state index in [-0.39, 0.29) is 35.8 Å². The minimum Gasteiger partial charge on any atom is -0.477 e. The number of amides is 1. The van der Waals surface area contributed by atoms with Crippen LogP contribution in [0.3, 0.4) is 0 Å². The standard InChI is InChI=1S/C24H24N10O4S/c1-12-18(22(37)38)39-24(25-12)28-23-26-20(33-8-6-14(35)7-9-33)16-10-17(36)34(21(16)27-23)11-13-4-2-3-5-15(13)19-29-31-32-30-19/h2-5,14,35H,6-11H2,1H3,(H,37,38)(H,25,26,27,28)(H,29,30,31,32). The minimum atomic E-state index is -1.06. The number of fused-ring (bicyclic) bond motifs is 1. The molecule has 39 heavy (non-hydrogen) atoms. The van der Waals surface area contributed by atoms with Gasteiger partial charge in [-0.3, -0.25) is 15.0 Å². The number of carboxylic acid groups (broad SMARTS) is 1. The number of aromatic nitrogens is 7. The summed E-state index contributed by atoms with van der Waals surface area (Å²) in [6, 6.07) is 7.51. The first-order valence-electron chi connectivity index (χ1n) is 12.3. The van der Waals surface area contributed by atoms with E-state index in [1.54, 1.807) is 11.8 Å². The van der Waals surface area contributed by atoms with E-state index in [4.69, 9.17) is 9.97 Å². The number of aromatic carboxylic acids is 1. The first-order chi connectivity index (χ1) is 18.9. The van der Waals surface area contributed by atoms with Crippen LogP contribution in [0.2, 0.25) is 0 Å². The number of tetrazole rings is 1. The van der Waals surface area contributed by atoms with Crippen molar-refractivity contribution in [1.82, 2.24) is 35.6 Å². The number of nitrogens with one attached hydrogen (secondary N) is 2. The molecule has 4 N–H and O–H groups in total. The Morgan fingerprint density at radius 3 is 2.67 bits per heavy atom. The van der Waals surface area contributed by atoms with E-state index in [1.165, 1.54) is 0 Å². The Labute approximate surface area is 225 Å². The lowest BCUT2D eigenvalue weighted by Crippen LogP contribution is -2.37. The molecule has 1 fully saturated rings. The maximum absolute atomic E-state index is 13.4. The summed E-state index contributed by atoms with van der Waals surface area (Å²) in [5.74, 6) is 0.514. The van der Waals surface area contributed by atoms with Gasteiger partial charge in [0.1, 0.15) is 16.5 Å². The number of thiazole rings is 1. The Kier molecular flexibility index (Phi) is 6.36. The second kappa shape index (κ2) is 9.99. The van der Waals surface area contributed by atoms with Gasteiger partial charge < -0.3 is 15.1 Å². The average molecular weight is 549 g/mol. The monoisotopic (exact) mass is 548 g/mol. The maximum atomic E-state index is 13.4. The quantitative estimate of drug-likeness (QED) is 0.263. The molecule has 200 valence electrons. The topological polar surface area (TPSA) is 186 Å². The minimum absolute atomic E-state index is 0.124. The number of aryl methyl sites for hydroxylation is 1. The van der Waals surface area contributed by atoms with Crippen LogP contribution in [0.25, 0.3) is 11.4 Å². The Hall–Kier alpha value is -4.50. The van der Waals surface area contributed by atoms with Gasteiger partial charge in [0.2, 0.25) is 17.7 Å². The molecule has 3 aromatic heterocycles. The molecular formula is C24H24N10O4S. The van der Waals surface area contributed by atoms with Gasteiger partial charge in [0.05, 0.1) is 24.8 Å². The molecule has 1 aromatic carbocycles. The van der Waals surface area contributed by atoms with Crippen molar-refractivity contribution in [3.05, 3.63) is 46.0 Å². The Morgan fingerprint density at radius 1 is 1.18 bits per heavy atom. The van der Waals surface area contributed by atoms with E-state index in [2.05, 4.69) is 35.8 Å². The van der Waals surface area contributed by atoms with Crippen LogP contribution in [0, 0.1) is 6.92 Å². The molecule has 1 saturated heterocycles. The zero-order valence-electron chi connectivity index (χ0n) is 20.8. The zero-order chi connectivity index (χ0) is 27.1. The van der Waals surface area contributed by atoms with Gasteiger partial charge >= 0.3 is 5.97 Å². The number of carbonyl (C=O) groups is 2. The second-order valence-corrected chi connectivity index (χ2v) is 10.3. The molecule has 6 rings (SSSR count). The van der Waals surface area contributed by atoms with E-state index in [1.807, 2.05) is 24.3 Å². The van der Waals surface area contributed by atoms with E-state index in [9.17, 15) is 19.8 Å². The average Bonchev–Trinajstić information content (AvgIpc) is 3.65. The first kappa shape index (κ1) is 24.8. The lowest BCUT2D eigenvalue weighted by molar-refractivity contribution is -0.117. The largest absolute Gasteiger partial charge is 0.477 e. The van der Waals surface area contributed by atoms with Gasteiger partial charge in [-0.15, -0.1) is 10.2 Å². The molecule has 2 aliphatic rings. The van der Waals surface area contributed by atoms with Crippen LogP contribution in [0.15, 0.2) is 24.3 Å². The summed E-state index contributed by atoms with van der Waals surface area (Å²) in [6.45, 7) is 3.02. The molecule has 5 heterocycles. The molecule has 0 spiro atoms. The third kappa shape index (κ3) is 4.77. The summed E-state index contributed by atoms with van der Waals surface area (Å²) >= 11 is 0.990. The number of H-pyrrole nitrogens is 1. The van der Waals surface area contributed by atoms with Crippen molar-refractivity contribution in [3.8, 4) is 11.4 Å². The number of carboxylic acids is 1. The van der Waals surface area contributed by atoms with Crippen LogP contribution >= 0.6 is 11.3 Å². The Morgan fingerprint density at radius 2 is 1.95 bits per heavy atom. The number of anilines is 4. The van der Waals surface area contributed by atoms with E-state index in [0.717, 1.165) is 22.5 Å². The van der Waals surface area contributed by atoms with E-state index >= 15 is 0 Å². The van der Waals surface area contributed by atoms with E-state index in [0.29, 0.717) is 59.8 Å². The van der Waals surface area contributed by atoms with Crippen molar-refractivity contribution in [3.63, 3.8) is 0 Å². The van der Waals surface area contributed by atoms with Crippen LogP contribution in [0.1, 0.15) is 39.3 Å². The number of carbonyl (C=O) groups excluding carboxylic acids is 1. The summed E-state index contributed by atoms with van der Waals surface area (Å²) in [5.41, 5.74) is 2.65. The van der Waals surface area contributed by atoms with E-state index < -0.39 is 5.97 Å². The molecule has 0 saturated carbocycles. The van der Waals surface area contributed by atoms with Crippen LogP contribution in [-0.4, -0.2) is 76.9 Å². The fraction of sp³-hybridized carbons (Fsp3) is 0.333. The SMILES string of the molecule is Cc1nc(Nc2nc(N3CCC(O)CC3)c3c(n2)N(Cc2ccccc2-c2nn[nH]n2)C(=O)C3)sc1C(=O)O. The van der Waals surface area contributed by atoms with Crippen molar-refractivity contribution in [2.75, 3.05) is 28.2 Å². The smallest absolute Gasteiger partial charge is 0.347 e. The fourth-order valence-corrected chi connectivity index (χ4v) is 5.63. The van der Waals surface area contributed by atoms with Gasteiger partial charge in [-0.2, -0.15) is 15.2 Å². The number of aliphatic hydroxyl groups excluding tert-OH is 1. The highest BCUT2D eigenvalue weighted by Gasteiger charge is 2.35. The highest BCUT2D eigenvalue weighted by Crippen LogP contribution is 2.38. The van der Waals surface area contributed by atoms with Crippen molar-refractivity contribution < 1.29 is 19.8 Å². The van der Waals surface area contributed by atoms with Crippen molar-refractivity contribution in [1.29, 1.82) is 0 Å². The van der Waals surface area contributed by atoms with Crippen molar-refractivity contribution in [2.45, 2.75) is 38.8 Å². The summed E-state index contributed by atoms with van der Waals surface area (Å²) in [5, 5.41) is 37.1. The molecule has 0 bridgehead atoms. The van der Waals surface area contributed by atoms with Gasteiger partial charge in [-0.25, -0.2) is 9.78 Å². The van der Waals surface area contributed by atoms with Crippen LogP contribution in [-0.2, 0) is 17.8 Å². The number of rotatable bonds is 7. The molecule has 0 unspecified atom stereocenters. The van der Waals surface area contributed by atoms with Gasteiger partial charge in [0, 0.05) is 24.2 Å². The Balaban J connectivity index is 1.40. The second-order valence-electron chi connectivity index (χ2n) is 9.30. The first-order valence-corrected chi connectivity index (χ1v) is 13.1. The summed E-state index contributed by atoms with van der Waals surface area (Å²) in [6.07, 6.45) is 0.935. The number of hydrogen-bond donors (Lipinski definition) is 4. The molecule has 0 atom stereocenters. The maximum Gasteiger partial charge on any atom is 0.347 e. The number of hydrogen-bond acceptors (Lipinski definition) is 12.